The van der Waals surface area contributed by atoms with Crippen LogP contribution in [-0.4, -0.2) is 0 Å². The first kappa shape index (κ1) is 9.83. The number of allylic oxidation sites excluding steroid dienone is 1. The topological polar surface area (TPSA) is 0 Å². The molecule has 0 amide bonds. The molecule has 0 aliphatic heterocycles. The fourth-order valence-electron chi connectivity index (χ4n) is 2.14. The number of rotatable bonds is 4. The molecular weight excluding hydrogens is 144 g/mol. The Bertz CT molecular complexity index is 135. The summed E-state index contributed by atoms with van der Waals surface area (Å²) in [6.45, 7) is 6.45. The van der Waals surface area contributed by atoms with Gasteiger partial charge in [0.15, 0.2) is 0 Å². The van der Waals surface area contributed by atoms with Crippen LogP contribution in [0, 0.1) is 5.92 Å². The van der Waals surface area contributed by atoms with Gasteiger partial charge in [-0.2, -0.15) is 0 Å². The lowest BCUT2D eigenvalue weighted by Crippen LogP contribution is -2.08. The van der Waals surface area contributed by atoms with Crippen LogP contribution in [0.25, 0.3) is 0 Å². The molecule has 70 valence electrons. The molecule has 0 aromatic heterocycles. The molecule has 0 radical (unpaired) electrons. The SMILES string of the molecule is C=C1CCCC[C@@H]1CCCCC. The normalized spacial score (nSPS) is 24.4. The van der Waals surface area contributed by atoms with Crippen molar-refractivity contribution in [2.24, 2.45) is 5.92 Å². The Morgan fingerprint density at radius 2 is 2.17 bits per heavy atom. The van der Waals surface area contributed by atoms with Gasteiger partial charge in [-0.05, 0) is 31.6 Å². The van der Waals surface area contributed by atoms with Crippen LogP contribution in [0.2, 0.25) is 0 Å². The molecule has 0 N–H and O–H groups in total. The highest BCUT2D eigenvalue weighted by atomic mass is 14.2. The molecule has 1 atom stereocenters. The van der Waals surface area contributed by atoms with Crippen LogP contribution >= 0.6 is 0 Å². The lowest BCUT2D eigenvalue weighted by Gasteiger charge is -2.24. The average Bonchev–Trinajstić information content (AvgIpc) is 2.09. The van der Waals surface area contributed by atoms with E-state index in [4.69, 9.17) is 0 Å². The van der Waals surface area contributed by atoms with E-state index in [9.17, 15) is 0 Å². The van der Waals surface area contributed by atoms with Crippen LogP contribution in [0.15, 0.2) is 12.2 Å². The highest BCUT2D eigenvalue weighted by Crippen LogP contribution is 2.31. The quantitative estimate of drug-likeness (QED) is 0.431. The van der Waals surface area contributed by atoms with Crippen LogP contribution in [0.5, 0.6) is 0 Å². The molecule has 0 heteroatoms. The summed E-state index contributed by atoms with van der Waals surface area (Å²) in [5.41, 5.74) is 1.54. The molecule has 0 saturated heterocycles. The van der Waals surface area contributed by atoms with Gasteiger partial charge in [-0.25, -0.2) is 0 Å². The van der Waals surface area contributed by atoms with Crippen LogP contribution in [0.1, 0.15) is 58.3 Å². The van der Waals surface area contributed by atoms with Crippen molar-refractivity contribution in [1.82, 2.24) is 0 Å². The third kappa shape index (κ3) is 3.00. The molecule has 12 heavy (non-hydrogen) atoms. The third-order valence-corrected chi connectivity index (χ3v) is 3.03. The van der Waals surface area contributed by atoms with Crippen LogP contribution < -0.4 is 0 Å². The van der Waals surface area contributed by atoms with E-state index < -0.39 is 0 Å². The summed E-state index contributed by atoms with van der Waals surface area (Å²) in [5.74, 6) is 0.880. The summed E-state index contributed by atoms with van der Waals surface area (Å²) < 4.78 is 0. The number of unbranched alkanes of at least 4 members (excludes halogenated alkanes) is 2. The van der Waals surface area contributed by atoms with Gasteiger partial charge in [0, 0.05) is 0 Å². The molecule has 1 saturated carbocycles. The zero-order chi connectivity index (χ0) is 8.81. The minimum atomic E-state index is 0.880. The Labute approximate surface area is 77.1 Å². The molecule has 0 bridgehead atoms. The molecule has 0 heterocycles. The molecule has 1 fully saturated rings. The lowest BCUT2D eigenvalue weighted by atomic mass is 9.82. The first-order valence-electron chi connectivity index (χ1n) is 5.52. The second-order valence-electron chi connectivity index (χ2n) is 4.10. The predicted octanol–water partition coefficient (Wildman–Crippen LogP) is 4.31. The largest absolute Gasteiger partial charge is 0.0996 e. The Balaban J connectivity index is 2.16. The van der Waals surface area contributed by atoms with E-state index in [1.165, 1.54) is 56.9 Å². The van der Waals surface area contributed by atoms with E-state index >= 15 is 0 Å². The lowest BCUT2D eigenvalue weighted by molar-refractivity contribution is 0.414. The van der Waals surface area contributed by atoms with Gasteiger partial charge in [0.25, 0.3) is 0 Å². The van der Waals surface area contributed by atoms with Crippen LogP contribution in [0.4, 0.5) is 0 Å². The van der Waals surface area contributed by atoms with Crippen molar-refractivity contribution in [3.05, 3.63) is 12.2 Å². The van der Waals surface area contributed by atoms with Gasteiger partial charge in [-0.1, -0.05) is 44.8 Å². The Hall–Kier alpha value is -0.260. The average molecular weight is 166 g/mol. The maximum Gasteiger partial charge on any atom is -0.0206 e. The molecule has 0 spiro atoms. The van der Waals surface area contributed by atoms with Crippen LogP contribution in [0.3, 0.4) is 0 Å². The summed E-state index contributed by atoms with van der Waals surface area (Å²) in [6.07, 6.45) is 11.1. The van der Waals surface area contributed by atoms with E-state index in [1.54, 1.807) is 0 Å². The Morgan fingerprint density at radius 1 is 1.33 bits per heavy atom. The van der Waals surface area contributed by atoms with Crippen LogP contribution in [-0.2, 0) is 0 Å². The minimum Gasteiger partial charge on any atom is -0.0996 e. The van der Waals surface area contributed by atoms with Gasteiger partial charge in [-0.3, -0.25) is 0 Å². The van der Waals surface area contributed by atoms with E-state index in [2.05, 4.69) is 13.5 Å². The number of hydrogen-bond acceptors (Lipinski definition) is 0. The van der Waals surface area contributed by atoms with Crippen molar-refractivity contribution in [2.45, 2.75) is 58.3 Å². The molecule has 0 aromatic carbocycles. The maximum absolute atomic E-state index is 4.17. The Kier molecular flexibility index (Phi) is 4.42. The van der Waals surface area contributed by atoms with Crippen molar-refractivity contribution in [1.29, 1.82) is 0 Å². The van der Waals surface area contributed by atoms with E-state index in [1.807, 2.05) is 0 Å². The smallest absolute Gasteiger partial charge is 0.0206 e. The molecule has 0 aromatic rings. The standard InChI is InChI=1S/C12H22/c1-3-4-5-9-12-10-7-6-8-11(12)2/h12H,2-10H2,1H3/t12-/m0/s1. The first-order valence-corrected chi connectivity index (χ1v) is 5.52. The van der Waals surface area contributed by atoms with Gasteiger partial charge >= 0.3 is 0 Å². The van der Waals surface area contributed by atoms with Gasteiger partial charge in [0.05, 0.1) is 0 Å². The zero-order valence-electron chi connectivity index (χ0n) is 8.44. The summed E-state index contributed by atoms with van der Waals surface area (Å²) >= 11 is 0. The molecular formula is C12H22. The third-order valence-electron chi connectivity index (χ3n) is 3.03. The molecule has 1 rings (SSSR count). The van der Waals surface area contributed by atoms with E-state index in [0.29, 0.717) is 0 Å². The fraction of sp³-hybridized carbons (Fsp3) is 0.833. The summed E-state index contributed by atoms with van der Waals surface area (Å²) in [4.78, 5) is 0. The van der Waals surface area contributed by atoms with Crippen molar-refractivity contribution in [2.75, 3.05) is 0 Å². The first-order chi connectivity index (χ1) is 5.84. The summed E-state index contributed by atoms with van der Waals surface area (Å²) in [6, 6.07) is 0. The minimum absolute atomic E-state index is 0.880. The van der Waals surface area contributed by atoms with Gasteiger partial charge < -0.3 is 0 Å². The molecule has 0 unspecified atom stereocenters. The van der Waals surface area contributed by atoms with Gasteiger partial charge in [0.2, 0.25) is 0 Å². The van der Waals surface area contributed by atoms with Crippen molar-refractivity contribution in [3.8, 4) is 0 Å². The number of hydrogen-bond donors (Lipinski definition) is 0. The monoisotopic (exact) mass is 166 g/mol. The van der Waals surface area contributed by atoms with Crippen molar-refractivity contribution >= 4 is 0 Å². The highest BCUT2D eigenvalue weighted by Gasteiger charge is 2.15. The summed E-state index contributed by atoms with van der Waals surface area (Å²) in [5, 5.41) is 0. The fourth-order valence-corrected chi connectivity index (χ4v) is 2.14. The Morgan fingerprint density at radius 3 is 2.83 bits per heavy atom. The zero-order valence-corrected chi connectivity index (χ0v) is 8.44. The van der Waals surface area contributed by atoms with Crippen molar-refractivity contribution < 1.29 is 0 Å². The second-order valence-corrected chi connectivity index (χ2v) is 4.10. The summed E-state index contributed by atoms with van der Waals surface area (Å²) in [7, 11) is 0. The predicted molar refractivity (Wildman–Crippen MR) is 55.2 cm³/mol. The molecule has 1 aliphatic carbocycles. The van der Waals surface area contributed by atoms with Crippen molar-refractivity contribution in [3.63, 3.8) is 0 Å². The van der Waals surface area contributed by atoms with Gasteiger partial charge in [0.1, 0.15) is 0 Å². The molecule has 0 nitrogen and oxygen atoms in total. The van der Waals surface area contributed by atoms with Gasteiger partial charge in [-0.15, -0.1) is 0 Å². The van der Waals surface area contributed by atoms with E-state index in [0.717, 1.165) is 5.92 Å². The maximum atomic E-state index is 4.17. The molecule has 1 aliphatic rings. The van der Waals surface area contributed by atoms with E-state index in [-0.39, 0.29) is 0 Å². The highest BCUT2D eigenvalue weighted by molar-refractivity contribution is 5.02. The second kappa shape index (κ2) is 5.40.